The Labute approximate surface area is 115 Å². The van der Waals surface area contributed by atoms with Gasteiger partial charge in [-0.2, -0.15) is 0 Å². The average Bonchev–Trinajstić information content (AvgIpc) is 2.89. The van der Waals surface area contributed by atoms with Gasteiger partial charge < -0.3 is 4.74 Å². The molecule has 0 aromatic carbocycles. The number of halogens is 1. The maximum absolute atomic E-state index is 11.7. The molecule has 0 atom stereocenters. The second kappa shape index (κ2) is 5.59. The number of rotatable bonds is 4. The van der Waals surface area contributed by atoms with Gasteiger partial charge in [-0.15, -0.1) is 5.10 Å². The zero-order chi connectivity index (χ0) is 13.1. The lowest BCUT2D eigenvalue weighted by molar-refractivity contribution is 0.0514. The highest BCUT2D eigenvalue weighted by atomic mass is 35.5. The van der Waals surface area contributed by atoms with E-state index in [2.05, 4.69) is 9.59 Å². The van der Waals surface area contributed by atoms with Gasteiger partial charge in [0.2, 0.25) is 0 Å². The van der Waals surface area contributed by atoms with Crippen molar-refractivity contribution >= 4 is 40.4 Å². The van der Waals surface area contributed by atoms with Crippen molar-refractivity contribution < 1.29 is 9.53 Å². The molecule has 96 valence electrons. The van der Waals surface area contributed by atoms with Gasteiger partial charge in [-0.05, 0) is 6.92 Å². The molecule has 0 aliphatic carbocycles. The molecule has 2 aromatic heterocycles. The van der Waals surface area contributed by atoms with Crippen LogP contribution in [-0.4, -0.2) is 26.7 Å². The molecule has 0 spiro atoms. The number of esters is 1. The Morgan fingerprint density at radius 2 is 2.39 bits per heavy atom. The largest absolute Gasteiger partial charge is 0.461 e. The molecule has 0 radical (unpaired) electrons. The van der Waals surface area contributed by atoms with Crippen LogP contribution in [-0.2, 0) is 11.3 Å². The standard InChI is InChI=1S/C9H8ClN3O3S2/c1-2-16-8(14)6-4-17-9(15)13(6)3-5-7(10)18-12-11-5/h4H,2-3H2,1H3. The Bertz CT molecular complexity index is 619. The second-order valence-corrected chi connectivity index (χ2v) is 5.36. The molecule has 2 aromatic rings. The molecule has 0 fully saturated rings. The van der Waals surface area contributed by atoms with Crippen LogP contribution in [0.5, 0.6) is 0 Å². The van der Waals surface area contributed by atoms with Crippen LogP contribution >= 0.6 is 34.5 Å². The van der Waals surface area contributed by atoms with Crippen molar-refractivity contribution in [1.29, 1.82) is 0 Å². The van der Waals surface area contributed by atoms with Crippen molar-refractivity contribution in [2.75, 3.05) is 6.61 Å². The number of aromatic nitrogens is 3. The summed E-state index contributed by atoms with van der Waals surface area (Å²) in [5.74, 6) is -0.532. The van der Waals surface area contributed by atoms with E-state index in [0.29, 0.717) is 10.0 Å². The summed E-state index contributed by atoms with van der Waals surface area (Å²) in [7, 11) is 0. The van der Waals surface area contributed by atoms with Crippen LogP contribution in [0.4, 0.5) is 0 Å². The highest BCUT2D eigenvalue weighted by molar-refractivity contribution is 7.10. The van der Waals surface area contributed by atoms with Crippen molar-refractivity contribution in [3.63, 3.8) is 0 Å². The van der Waals surface area contributed by atoms with Gasteiger partial charge in [0.1, 0.15) is 15.7 Å². The molecule has 6 nitrogen and oxygen atoms in total. The fraction of sp³-hybridized carbons (Fsp3) is 0.333. The lowest BCUT2D eigenvalue weighted by Gasteiger charge is -2.05. The molecular weight excluding hydrogens is 298 g/mol. The van der Waals surface area contributed by atoms with Gasteiger partial charge in [0.25, 0.3) is 0 Å². The smallest absolute Gasteiger partial charge is 0.355 e. The van der Waals surface area contributed by atoms with Crippen LogP contribution in [0.2, 0.25) is 4.34 Å². The van der Waals surface area contributed by atoms with E-state index in [-0.39, 0.29) is 23.7 Å². The second-order valence-electron chi connectivity index (χ2n) is 3.19. The number of nitrogens with zero attached hydrogens (tertiary/aromatic N) is 3. The van der Waals surface area contributed by atoms with E-state index in [4.69, 9.17) is 16.3 Å². The fourth-order valence-corrected chi connectivity index (χ4v) is 2.62. The first-order valence-electron chi connectivity index (χ1n) is 4.95. The molecular formula is C9H8ClN3O3S2. The van der Waals surface area contributed by atoms with Crippen LogP contribution in [0, 0.1) is 0 Å². The van der Waals surface area contributed by atoms with Crippen LogP contribution in [0.15, 0.2) is 10.2 Å². The van der Waals surface area contributed by atoms with E-state index < -0.39 is 5.97 Å². The number of carbonyl (C=O) groups excluding carboxylic acids is 1. The highest BCUT2D eigenvalue weighted by Crippen LogP contribution is 2.18. The number of ether oxygens (including phenoxy) is 1. The first kappa shape index (κ1) is 13.2. The lowest BCUT2D eigenvalue weighted by atomic mass is 10.4. The van der Waals surface area contributed by atoms with Gasteiger partial charge in [0.15, 0.2) is 0 Å². The van der Waals surface area contributed by atoms with E-state index >= 15 is 0 Å². The van der Waals surface area contributed by atoms with E-state index in [1.807, 2.05) is 0 Å². The first-order valence-corrected chi connectivity index (χ1v) is 6.98. The Balaban J connectivity index is 2.33. The summed E-state index contributed by atoms with van der Waals surface area (Å²) in [6.07, 6.45) is 0. The Kier molecular flexibility index (Phi) is 4.10. The van der Waals surface area contributed by atoms with Gasteiger partial charge in [-0.3, -0.25) is 9.36 Å². The molecule has 2 rings (SSSR count). The zero-order valence-electron chi connectivity index (χ0n) is 9.25. The van der Waals surface area contributed by atoms with Crippen molar-refractivity contribution in [3.8, 4) is 0 Å². The summed E-state index contributed by atoms with van der Waals surface area (Å²) in [6.45, 7) is 2.07. The van der Waals surface area contributed by atoms with Crippen molar-refractivity contribution in [2.24, 2.45) is 0 Å². The zero-order valence-corrected chi connectivity index (χ0v) is 11.6. The number of hydrogen-bond donors (Lipinski definition) is 0. The maximum Gasteiger partial charge on any atom is 0.355 e. The Morgan fingerprint density at radius 3 is 3.00 bits per heavy atom. The number of carbonyl (C=O) groups is 1. The average molecular weight is 306 g/mol. The normalized spacial score (nSPS) is 10.6. The molecule has 0 aliphatic rings. The van der Waals surface area contributed by atoms with Crippen LogP contribution < -0.4 is 4.87 Å². The fourth-order valence-electron chi connectivity index (χ4n) is 1.29. The lowest BCUT2D eigenvalue weighted by Crippen LogP contribution is -2.21. The maximum atomic E-state index is 11.7. The van der Waals surface area contributed by atoms with E-state index in [1.165, 1.54) is 9.95 Å². The minimum absolute atomic E-state index is 0.117. The molecule has 18 heavy (non-hydrogen) atoms. The Hall–Kier alpha value is -1.25. The molecule has 0 saturated heterocycles. The van der Waals surface area contributed by atoms with Gasteiger partial charge in [0, 0.05) is 16.9 Å². The SMILES string of the molecule is CCOC(=O)c1csc(=O)n1Cc1nnsc1Cl. The van der Waals surface area contributed by atoms with Crippen LogP contribution in [0.25, 0.3) is 0 Å². The molecule has 9 heteroatoms. The van der Waals surface area contributed by atoms with Gasteiger partial charge >= 0.3 is 10.8 Å². The van der Waals surface area contributed by atoms with Gasteiger partial charge in [0.05, 0.1) is 13.2 Å². The summed E-state index contributed by atoms with van der Waals surface area (Å²) in [6, 6.07) is 0. The van der Waals surface area contributed by atoms with E-state index in [1.54, 1.807) is 6.92 Å². The minimum Gasteiger partial charge on any atom is -0.461 e. The molecule has 0 bridgehead atoms. The van der Waals surface area contributed by atoms with Crippen LogP contribution in [0.3, 0.4) is 0 Å². The molecule has 2 heterocycles. The van der Waals surface area contributed by atoms with E-state index in [9.17, 15) is 9.59 Å². The highest BCUT2D eigenvalue weighted by Gasteiger charge is 2.18. The summed E-state index contributed by atoms with van der Waals surface area (Å²) in [4.78, 5) is 23.1. The number of thiazole rings is 1. The summed E-state index contributed by atoms with van der Waals surface area (Å²) >= 11 is 7.83. The topological polar surface area (TPSA) is 74.1 Å². The van der Waals surface area contributed by atoms with Crippen molar-refractivity contribution in [1.82, 2.24) is 14.2 Å². The molecule has 0 aliphatic heterocycles. The first-order chi connectivity index (χ1) is 8.63. The van der Waals surface area contributed by atoms with Crippen molar-refractivity contribution in [3.05, 3.63) is 30.8 Å². The molecule has 0 N–H and O–H groups in total. The summed E-state index contributed by atoms with van der Waals surface area (Å²) < 4.78 is 10.2. The molecule has 0 saturated carbocycles. The summed E-state index contributed by atoms with van der Waals surface area (Å²) in [5.41, 5.74) is 0.670. The third-order valence-corrected chi connectivity index (χ3v) is 3.83. The third kappa shape index (κ3) is 2.60. The van der Waals surface area contributed by atoms with Gasteiger partial charge in [-0.25, -0.2) is 4.79 Å². The predicted octanol–water partition coefficient (Wildman–Crippen LogP) is 1.64. The monoisotopic (exact) mass is 305 g/mol. The third-order valence-electron chi connectivity index (χ3n) is 2.08. The van der Waals surface area contributed by atoms with Crippen molar-refractivity contribution in [2.45, 2.75) is 13.5 Å². The van der Waals surface area contributed by atoms with E-state index in [0.717, 1.165) is 22.9 Å². The minimum atomic E-state index is -0.532. The number of hydrogen-bond acceptors (Lipinski definition) is 7. The predicted molar refractivity (Wildman–Crippen MR) is 68.6 cm³/mol. The summed E-state index contributed by atoms with van der Waals surface area (Å²) in [5, 5.41) is 5.27. The quantitative estimate of drug-likeness (QED) is 0.803. The Morgan fingerprint density at radius 1 is 1.61 bits per heavy atom. The molecule has 0 unspecified atom stereocenters. The van der Waals surface area contributed by atoms with Crippen LogP contribution in [0.1, 0.15) is 23.1 Å². The van der Waals surface area contributed by atoms with Gasteiger partial charge in [-0.1, -0.05) is 27.4 Å². The molecule has 0 amide bonds.